The number of hydrogen-bond acceptors (Lipinski definition) is 4. The molecule has 0 heterocycles. The number of para-hydroxylation sites is 1. The van der Waals surface area contributed by atoms with Gasteiger partial charge in [0.15, 0.2) is 9.84 Å². The van der Waals surface area contributed by atoms with E-state index in [-0.39, 0.29) is 12.1 Å². The number of aliphatic hydroxyl groups excluding tert-OH is 1. The van der Waals surface area contributed by atoms with Gasteiger partial charge in [0, 0.05) is 6.26 Å². The van der Waals surface area contributed by atoms with Crippen LogP contribution in [0.15, 0.2) is 29.2 Å². The van der Waals surface area contributed by atoms with E-state index in [0.29, 0.717) is 10.6 Å². The second kappa shape index (κ2) is 4.31. The summed E-state index contributed by atoms with van der Waals surface area (Å²) in [5.41, 5.74) is 0.254. The molecule has 1 aliphatic rings. The molecular formula is C12H17NO3S. The third kappa shape index (κ3) is 2.45. The normalized spacial score (nSPS) is 18.5. The molecule has 0 amide bonds. The number of aliphatic hydroxyl groups is 1. The van der Waals surface area contributed by atoms with Crippen LogP contribution >= 0.6 is 0 Å². The molecule has 0 saturated heterocycles. The van der Waals surface area contributed by atoms with Gasteiger partial charge >= 0.3 is 0 Å². The Kier molecular flexibility index (Phi) is 3.14. The minimum Gasteiger partial charge on any atom is -0.394 e. The zero-order chi connectivity index (χ0) is 12.5. The Hall–Kier alpha value is -1.07. The number of hydrogen-bond donors (Lipinski definition) is 2. The fourth-order valence-electron chi connectivity index (χ4n) is 2.11. The van der Waals surface area contributed by atoms with Crippen LogP contribution in [0.4, 0.5) is 5.69 Å². The maximum atomic E-state index is 11.6. The van der Waals surface area contributed by atoms with Crippen LogP contribution in [0.5, 0.6) is 0 Å². The van der Waals surface area contributed by atoms with Crippen molar-refractivity contribution in [2.24, 2.45) is 0 Å². The van der Waals surface area contributed by atoms with Gasteiger partial charge in [0.1, 0.15) is 0 Å². The molecule has 17 heavy (non-hydrogen) atoms. The van der Waals surface area contributed by atoms with Crippen LogP contribution in [0, 0.1) is 0 Å². The SMILES string of the molecule is CS(=O)(=O)c1ccccc1NC1(CO)CCC1. The van der Waals surface area contributed by atoms with Gasteiger partial charge in [0.2, 0.25) is 0 Å². The molecule has 0 unspecified atom stereocenters. The topological polar surface area (TPSA) is 66.4 Å². The van der Waals surface area contributed by atoms with Crippen LogP contribution in [-0.2, 0) is 9.84 Å². The van der Waals surface area contributed by atoms with Gasteiger partial charge in [0.25, 0.3) is 0 Å². The van der Waals surface area contributed by atoms with Gasteiger partial charge in [-0.1, -0.05) is 12.1 Å². The molecule has 0 atom stereocenters. The van der Waals surface area contributed by atoms with Crippen LogP contribution < -0.4 is 5.32 Å². The molecule has 1 aromatic carbocycles. The second-order valence-corrected chi connectivity index (χ2v) is 6.67. The average Bonchev–Trinajstić information content (AvgIpc) is 2.23. The van der Waals surface area contributed by atoms with Crippen molar-refractivity contribution in [1.29, 1.82) is 0 Å². The van der Waals surface area contributed by atoms with Crippen molar-refractivity contribution in [3.05, 3.63) is 24.3 Å². The molecule has 1 fully saturated rings. The third-order valence-electron chi connectivity index (χ3n) is 3.30. The van der Waals surface area contributed by atoms with Crippen LogP contribution in [0.2, 0.25) is 0 Å². The molecule has 0 aliphatic heterocycles. The molecule has 94 valence electrons. The summed E-state index contributed by atoms with van der Waals surface area (Å²) in [5.74, 6) is 0. The first-order valence-electron chi connectivity index (χ1n) is 5.65. The number of nitrogens with one attached hydrogen (secondary N) is 1. The average molecular weight is 255 g/mol. The molecule has 5 heteroatoms. The molecule has 2 N–H and O–H groups in total. The van der Waals surface area contributed by atoms with Gasteiger partial charge in [-0.2, -0.15) is 0 Å². The first kappa shape index (κ1) is 12.4. The Bertz CT molecular complexity index is 501. The lowest BCUT2D eigenvalue weighted by Gasteiger charge is -2.42. The largest absolute Gasteiger partial charge is 0.394 e. The monoisotopic (exact) mass is 255 g/mol. The highest BCUT2D eigenvalue weighted by Crippen LogP contribution is 2.36. The summed E-state index contributed by atoms with van der Waals surface area (Å²) in [4.78, 5) is 0.291. The highest BCUT2D eigenvalue weighted by Gasteiger charge is 2.36. The molecule has 0 radical (unpaired) electrons. The first-order chi connectivity index (χ1) is 7.97. The number of rotatable bonds is 4. The van der Waals surface area contributed by atoms with E-state index in [4.69, 9.17) is 0 Å². The van der Waals surface area contributed by atoms with E-state index < -0.39 is 9.84 Å². The molecule has 0 bridgehead atoms. The summed E-state index contributed by atoms with van der Waals surface area (Å²) < 4.78 is 23.3. The van der Waals surface area contributed by atoms with Crippen molar-refractivity contribution in [3.63, 3.8) is 0 Å². The quantitative estimate of drug-likeness (QED) is 0.854. The van der Waals surface area contributed by atoms with Crippen LogP contribution in [0.3, 0.4) is 0 Å². The summed E-state index contributed by atoms with van der Waals surface area (Å²) in [5, 5.41) is 12.6. The summed E-state index contributed by atoms with van der Waals surface area (Å²) in [6.45, 7) is 0.0328. The Morgan fingerprint density at radius 3 is 2.47 bits per heavy atom. The Labute approximate surface area is 102 Å². The van der Waals surface area contributed by atoms with Crippen molar-refractivity contribution >= 4 is 15.5 Å². The fraction of sp³-hybridized carbons (Fsp3) is 0.500. The van der Waals surface area contributed by atoms with E-state index in [1.165, 1.54) is 6.26 Å². The molecule has 4 nitrogen and oxygen atoms in total. The van der Waals surface area contributed by atoms with Gasteiger partial charge in [-0.25, -0.2) is 8.42 Å². The number of sulfone groups is 1. The first-order valence-corrected chi connectivity index (χ1v) is 7.54. The van der Waals surface area contributed by atoms with Crippen molar-refractivity contribution in [2.45, 2.75) is 29.7 Å². The lowest BCUT2D eigenvalue weighted by molar-refractivity contribution is 0.144. The summed E-state index contributed by atoms with van der Waals surface area (Å²) in [6, 6.07) is 6.82. The second-order valence-electron chi connectivity index (χ2n) is 4.69. The van der Waals surface area contributed by atoms with Crippen molar-refractivity contribution in [3.8, 4) is 0 Å². The van der Waals surface area contributed by atoms with Crippen molar-refractivity contribution < 1.29 is 13.5 Å². The predicted octanol–water partition coefficient (Wildman–Crippen LogP) is 1.42. The smallest absolute Gasteiger partial charge is 0.177 e. The van der Waals surface area contributed by atoms with E-state index >= 15 is 0 Å². The lowest BCUT2D eigenvalue weighted by atomic mass is 9.77. The van der Waals surface area contributed by atoms with Gasteiger partial charge in [0.05, 0.1) is 22.7 Å². The lowest BCUT2D eigenvalue weighted by Crippen LogP contribution is -2.48. The van der Waals surface area contributed by atoms with Crippen LogP contribution in [0.1, 0.15) is 19.3 Å². The molecular weight excluding hydrogens is 238 g/mol. The van der Waals surface area contributed by atoms with Gasteiger partial charge < -0.3 is 10.4 Å². The summed E-state index contributed by atoms with van der Waals surface area (Å²) >= 11 is 0. The Morgan fingerprint density at radius 1 is 1.35 bits per heavy atom. The standard InChI is InChI=1S/C12H17NO3S/c1-17(15,16)11-6-3-2-5-10(11)13-12(9-14)7-4-8-12/h2-3,5-6,13-14H,4,7-9H2,1H3. The van der Waals surface area contributed by atoms with E-state index in [1.807, 2.05) is 0 Å². The molecule has 1 aliphatic carbocycles. The molecule has 1 saturated carbocycles. The van der Waals surface area contributed by atoms with E-state index in [9.17, 15) is 13.5 Å². The molecule has 2 rings (SSSR count). The summed E-state index contributed by atoms with van der Waals surface area (Å²) in [6.07, 6.45) is 4.01. The van der Waals surface area contributed by atoms with Crippen molar-refractivity contribution in [2.75, 3.05) is 18.2 Å². The van der Waals surface area contributed by atoms with Gasteiger partial charge in [-0.15, -0.1) is 0 Å². The third-order valence-corrected chi connectivity index (χ3v) is 4.45. The zero-order valence-electron chi connectivity index (χ0n) is 9.81. The van der Waals surface area contributed by atoms with E-state index in [0.717, 1.165) is 19.3 Å². The highest BCUT2D eigenvalue weighted by molar-refractivity contribution is 7.90. The molecule has 1 aromatic rings. The minimum atomic E-state index is -3.24. The maximum Gasteiger partial charge on any atom is 0.177 e. The fourth-order valence-corrected chi connectivity index (χ4v) is 2.95. The van der Waals surface area contributed by atoms with Crippen LogP contribution in [-0.4, -0.2) is 31.9 Å². The molecule has 0 aromatic heterocycles. The van der Waals surface area contributed by atoms with E-state index in [1.54, 1.807) is 24.3 Å². The van der Waals surface area contributed by atoms with Crippen molar-refractivity contribution in [1.82, 2.24) is 0 Å². The Balaban J connectivity index is 2.33. The minimum absolute atomic E-state index is 0.0328. The Morgan fingerprint density at radius 2 is 2.00 bits per heavy atom. The zero-order valence-corrected chi connectivity index (χ0v) is 10.6. The van der Waals surface area contributed by atoms with E-state index in [2.05, 4.69) is 5.32 Å². The number of benzene rings is 1. The number of anilines is 1. The maximum absolute atomic E-state index is 11.6. The predicted molar refractivity (Wildman–Crippen MR) is 66.8 cm³/mol. The van der Waals surface area contributed by atoms with Gasteiger partial charge in [-0.3, -0.25) is 0 Å². The van der Waals surface area contributed by atoms with Gasteiger partial charge in [-0.05, 0) is 31.4 Å². The highest BCUT2D eigenvalue weighted by atomic mass is 32.2. The summed E-state index contributed by atoms with van der Waals surface area (Å²) in [7, 11) is -3.24. The molecule has 0 spiro atoms. The van der Waals surface area contributed by atoms with Crippen LogP contribution in [0.25, 0.3) is 0 Å².